The van der Waals surface area contributed by atoms with Gasteiger partial charge in [-0.25, -0.2) is 0 Å². The van der Waals surface area contributed by atoms with Crippen molar-refractivity contribution in [1.29, 1.82) is 0 Å². The van der Waals surface area contributed by atoms with Crippen molar-refractivity contribution in [3.8, 4) is 0 Å². The minimum Gasteiger partial charge on any atom is -0.378 e. The number of rotatable bonds is 4. The molecule has 0 spiro atoms. The first-order valence-corrected chi connectivity index (χ1v) is 11.7. The molecule has 3 aliphatic heterocycles. The Morgan fingerprint density at radius 1 is 0.781 bits per heavy atom. The van der Waals surface area contributed by atoms with Crippen molar-refractivity contribution in [3.63, 3.8) is 0 Å². The van der Waals surface area contributed by atoms with Crippen LogP contribution in [0.4, 0.5) is 27.7 Å². The van der Waals surface area contributed by atoms with Gasteiger partial charge in [0.05, 0.1) is 23.9 Å². The van der Waals surface area contributed by atoms with Crippen LogP contribution in [0.15, 0.2) is 24.3 Å². The summed E-state index contributed by atoms with van der Waals surface area (Å²) in [6.45, 7) is 8.65. The van der Waals surface area contributed by atoms with Gasteiger partial charge in [0.25, 0.3) is 0 Å². The molecule has 4 heterocycles. The molecule has 8 nitrogen and oxygen atoms in total. The molecule has 32 heavy (non-hydrogen) atoms. The predicted molar refractivity (Wildman–Crippen MR) is 126 cm³/mol. The summed E-state index contributed by atoms with van der Waals surface area (Å²) in [5.41, 5.74) is 1.05. The van der Waals surface area contributed by atoms with Crippen molar-refractivity contribution in [3.05, 3.63) is 35.1 Å². The first kappa shape index (κ1) is 21.5. The van der Waals surface area contributed by atoms with E-state index in [2.05, 4.69) is 15.1 Å². The molecule has 5 rings (SSSR count). The zero-order valence-corrected chi connectivity index (χ0v) is 18.9. The lowest BCUT2D eigenvalue weighted by molar-refractivity contribution is 0.122. The summed E-state index contributed by atoms with van der Waals surface area (Å²) < 4.78 is 21.1. The SMILES string of the molecule is Fc1c(N2CCNCC2)nc(N2CCN(c3ccccc3Cl)CC2)nc1N1CCOCC1. The molecule has 3 fully saturated rings. The lowest BCUT2D eigenvalue weighted by atomic mass is 10.2. The van der Waals surface area contributed by atoms with E-state index in [0.29, 0.717) is 43.9 Å². The number of aromatic nitrogens is 2. The number of hydrogen-bond acceptors (Lipinski definition) is 8. The molecular weight excluding hydrogens is 433 g/mol. The molecule has 0 aliphatic carbocycles. The van der Waals surface area contributed by atoms with Gasteiger partial charge < -0.3 is 29.7 Å². The third-order valence-electron chi connectivity index (χ3n) is 6.29. The highest BCUT2D eigenvalue weighted by Crippen LogP contribution is 2.31. The van der Waals surface area contributed by atoms with Gasteiger partial charge in [-0.2, -0.15) is 14.4 Å². The molecule has 0 bridgehead atoms. The molecule has 172 valence electrons. The zero-order valence-electron chi connectivity index (χ0n) is 18.1. The van der Waals surface area contributed by atoms with Crippen LogP contribution in [0.25, 0.3) is 0 Å². The van der Waals surface area contributed by atoms with Crippen LogP contribution in [0.2, 0.25) is 5.02 Å². The van der Waals surface area contributed by atoms with Gasteiger partial charge in [-0.3, -0.25) is 0 Å². The third-order valence-corrected chi connectivity index (χ3v) is 6.61. The van der Waals surface area contributed by atoms with Crippen molar-refractivity contribution in [2.45, 2.75) is 0 Å². The summed E-state index contributed by atoms with van der Waals surface area (Å²) in [5, 5.41) is 4.08. The van der Waals surface area contributed by atoms with E-state index in [9.17, 15) is 0 Å². The number of morpholine rings is 1. The van der Waals surface area contributed by atoms with Crippen LogP contribution in [0.5, 0.6) is 0 Å². The van der Waals surface area contributed by atoms with Gasteiger partial charge in [-0.05, 0) is 12.1 Å². The number of nitrogens with one attached hydrogen (secondary N) is 1. The number of hydrogen-bond donors (Lipinski definition) is 1. The highest BCUT2D eigenvalue weighted by atomic mass is 35.5. The summed E-state index contributed by atoms with van der Waals surface area (Å²) in [5.74, 6) is 1.07. The molecule has 1 aromatic carbocycles. The molecule has 0 saturated carbocycles. The van der Waals surface area contributed by atoms with Crippen LogP contribution < -0.4 is 24.9 Å². The first-order valence-electron chi connectivity index (χ1n) is 11.3. The second kappa shape index (κ2) is 9.64. The molecule has 0 atom stereocenters. The number of para-hydroxylation sites is 1. The summed E-state index contributed by atoms with van der Waals surface area (Å²) >= 11 is 6.39. The third kappa shape index (κ3) is 4.42. The van der Waals surface area contributed by atoms with Crippen molar-refractivity contribution in [1.82, 2.24) is 15.3 Å². The molecule has 1 N–H and O–H groups in total. The number of benzene rings is 1. The average Bonchev–Trinajstić information content (AvgIpc) is 2.86. The maximum absolute atomic E-state index is 15.6. The van der Waals surface area contributed by atoms with Gasteiger partial charge in [-0.1, -0.05) is 23.7 Å². The van der Waals surface area contributed by atoms with Crippen LogP contribution in [0.1, 0.15) is 0 Å². The van der Waals surface area contributed by atoms with Gasteiger partial charge in [0, 0.05) is 65.4 Å². The Balaban J connectivity index is 1.41. The smallest absolute Gasteiger partial charge is 0.229 e. The van der Waals surface area contributed by atoms with E-state index in [4.69, 9.17) is 26.3 Å². The standard InChI is InChI=1S/C22H29ClFN7O/c23-17-3-1-2-4-18(17)28-9-11-31(12-10-28)22-26-20(29-7-5-25-6-8-29)19(24)21(27-22)30-13-15-32-16-14-30/h1-4,25H,5-16H2. The summed E-state index contributed by atoms with van der Waals surface area (Å²) in [7, 11) is 0. The normalized spacial score (nSPS) is 20.1. The van der Waals surface area contributed by atoms with Gasteiger partial charge in [0.2, 0.25) is 11.8 Å². The van der Waals surface area contributed by atoms with E-state index >= 15 is 4.39 Å². The second-order valence-electron chi connectivity index (χ2n) is 8.25. The number of piperazine rings is 2. The van der Waals surface area contributed by atoms with Crippen LogP contribution in [-0.2, 0) is 4.74 Å². The molecular formula is C22H29ClFN7O. The van der Waals surface area contributed by atoms with E-state index in [0.717, 1.165) is 63.1 Å². The lowest BCUT2D eigenvalue weighted by Gasteiger charge is -2.38. The zero-order chi connectivity index (χ0) is 21.9. The quantitative estimate of drug-likeness (QED) is 0.740. The van der Waals surface area contributed by atoms with Crippen LogP contribution in [0, 0.1) is 5.82 Å². The number of ether oxygens (including phenoxy) is 1. The largest absolute Gasteiger partial charge is 0.378 e. The summed E-state index contributed by atoms with van der Waals surface area (Å²) in [6, 6.07) is 7.91. The fourth-order valence-corrected chi connectivity index (χ4v) is 4.74. The number of nitrogens with zero attached hydrogens (tertiary/aromatic N) is 6. The van der Waals surface area contributed by atoms with Crippen molar-refractivity contribution in [2.75, 3.05) is 98.3 Å². The molecule has 0 unspecified atom stereocenters. The molecule has 0 amide bonds. The number of anilines is 4. The Hall–Kier alpha value is -2.36. The van der Waals surface area contributed by atoms with Crippen LogP contribution >= 0.6 is 11.6 Å². The molecule has 10 heteroatoms. The second-order valence-corrected chi connectivity index (χ2v) is 8.65. The highest BCUT2D eigenvalue weighted by molar-refractivity contribution is 6.33. The monoisotopic (exact) mass is 461 g/mol. The number of halogens is 2. The van der Waals surface area contributed by atoms with E-state index in [1.807, 2.05) is 34.1 Å². The average molecular weight is 462 g/mol. The van der Waals surface area contributed by atoms with E-state index in [1.54, 1.807) is 0 Å². The van der Waals surface area contributed by atoms with Gasteiger partial charge >= 0.3 is 0 Å². The predicted octanol–water partition coefficient (Wildman–Crippen LogP) is 1.84. The van der Waals surface area contributed by atoms with Crippen LogP contribution in [0.3, 0.4) is 0 Å². The minimum absolute atomic E-state index is 0.327. The lowest BCUT2D eigenvalue weighted by Crippen LogP contribution is -2.48. The first-order chi connectivity index (χ1) is 15.7. The van der Waals surface area contributed by atoms with Gasteiger partial charge in [0.1, 0.15) is 0 Å². The van der Waals surface area contributed by atoms with Crippen molar-refractivity contribution < 1.29 is 9.13 Å². The Labute approximate surface area is 192 Å². The molecule has 2 aromatic rings. The fourth-order valence-electron chi connectivity index (χ4n) is 4.48. The Morgan fingerprint density at radius 3 is 2.03 bits per heavy atom. The molecule has 0 radical (unpaired) electrons. The Morgan fingerprint density at radius 2 is 1.38 bits per heavy atom. The topological polar surface area (TPSA) is 60.0 Å². The fraction of sp³-hybridized carbons (Fsp3) is 0.545. The van der Waals surface area contributed by atoms with Gasteiger partial charge in [-0.15, -0.1) is 0 Å². The summed E-state index contributed by atoms with van der Waals surface area (Å²) in [4.78, 5) is 17.9. The molecule has 1 aromatic heterocycles. The van der Waals surface area contributed by atoms with Gasteiger partial charge in [0.15, 0.2) is 11.6 Å². The Bertz CT molecular complexity index is 889. The maximum atomic E-state index is 15.6. The van der Waals surface area contributed by atoms with Crippen molar-refractivity contribution >= 4 is 34.9 Å². The molecule has 3 saturated heterocycles. The van der Waals surface area contributed by atoms with Crippen LogP contribution in [-0.4, -0.2) is 88.6 Å². The van der Waals surface area contributed by atoms with E-state index in [1.165, 1.54) is 0 Å². The van der Waals surface area contributed by atoms with E-state index in [-0.39, 0.29) is 5.82 Å². The Kier molecular flexibility index (Phi) is 6.47. The van der Waals surface area contributed by atoms with E-state index < -0.39 is 0 Å². The summed E-state index contributed by atoms with van der Waals surface area (Å²) in [6.07, 6.45) is 0. The molecule has 3 aliphatic rings. The highest BCUT2D eigenvalue weighted by Gasteiger charge is 2.28. The van der Waals surface area contributed by atoms with Crippen molar-refractivity contribution in [2.24, 2.45) is 0 Å². The minimum atomic E-state index is -0.327. The maximum Gasteiger partial charge on any atom is 0.229 e.